The zero-order chi connectivity index (χ0) is 27.8. The van der Waals surface area contributed by atoms with Crippen LogP contribution in [-0.2, 0) is 4.79 Å². The maximum atomic E-state index is 13.4. The molecule has 0 atom stereocenters. The number of nitrogen functional groups attached to an aromatic ring is 1. The van der Waals surface area contributed by atoms with Crippen molar-refractivity contribution in [1.29, 1.82) is 0 Å². The summed E-state index contributed by atoms with van der Waals surface area (Å²) in [6.07, 6.45) is 4.88. The lowest BCUT2D eigenvalue weighted by Crippen LogP contribution is -2.30. The van der Waals surface area contributed by atoms with Crippen molar-refractivity contribution in [2.75, 3.05) is 31.2 Å². The molecule has 0 aliphatic carbocycles. The number of methoxy groups -OCH3 is 1. The molecule has 2 aromatic carbocycles. The quantitative estimate of drug-likeness (QED) is 0.235. The van der Waals surface area contributed by atoms with Crippen molar-refractivity contribution in [2.24, 2.45) is 0 Å². The molecule has 0 saturated carbocycles. The monoisotopic (exact) mass is 540 g/mol. The van der Waals surface area contributed by atoms with Crippen LogP contribution in [0.15, 0.2) is 48.9 Å². The zero-order valence-electron chi connectivity index (χ0n) is 22.0. The molecule has 0 unspecified atom stereocenters. The van der Waals surface area contributed by atoms with Crippen molar-refractivity contribution in [2.45, 2.75) is 25.8 Å². The van der Waals surface area contributed by atoms with Gasteiger partial charge in [0.05, 0.1) is 40.7 Å². The predicted molar refractivity (Wildman–Crippen MR) is 150 cm³/mol. The number of nitrogens with zero attached hydrogens (tertiary/aromatic N) is 4. The highest BCUT2D eigenvalue weighted by atomic mass is 16.5. The van der Waals surface area contributed by atoms with E-state index in [1.807, 2.05) is 10.7 Å². The van der Waals surface area contributed by atoms with Crippen molar-refractivity contribution >= 4 is 45.3 Å². The number of benzene rings is 2. The molecule has 5 aromatic rings. The Kier molecular flexibility index (Phi) is 6.52. The van der Waals surface area contributed by atoms with Gasteiger partial charge in [-0.15, -0.1) is 0 Å². The summed E-state index contributed by atoms with van der Waals surface area (Å²) in [4.78, 5) is 36.7. The number of esters is 1. The number of carbonyl (C=O) groups is 2. The second-order valence-electron chi connectivity index (χ2n) is 9.58. The minimum Gasteiger partial charge on any atom is -0.495 e. The van der Waals surface area contributed by atoms with Gasteiger partial charge in [0.1, 0.15) is 23.6 Å². The maximum Gasteiger partial charge on any atom is 0.308 e. The topological polar surface area (TPSA) is 162 Å². The normalized spacial score (nSPS) is 13.9. The van der Waals surface area contributed by atoms with Gasteiger partial charge in [-0.05, 0) is 50.2 Å². The molecule has 1 aliphatic rings. The maximum absolute atomic E-state index is 13.4. The SMILES string of the molecule is COc1cc(-c2nn(C3CCNCC3)c3ncnc(N)c23)ccc1NC(=O)c1cccc2[nH]cc(OC(C)=O)c12. The predicted octanol–water partition coefficient (Wildman–Crippen LogP) is 3.67. The Morgan fingerprint density at radius 1 is 1.10 bits per heavy atom. The Bertz CT molecular complexity index is 1750. The number of aromatic amines is 1. The standard InChI is InChI=1S/C28H28N8O4/c1-15(37)40-22-13-31-20-5-3-4-18(23(20)22)28(38)34-19-7-6-16(12-21(19)39-2)25-24-26(29)32-14-33-27(24)36(35-25)17-8-10-30-11-9-17/h3-7,12-14,17,30-31H,8-11H2,1-2H3,(H,34,38)(H2,29,32,33). The molecule has 5 N–H and O–H groups in total. The molecule has 40 heavy (non-hydrogen) atoms. The second-order valence-corrected chi connectivity index (χ2v) is 9.58. The highest BCUT2D eigenvalue weighted by Gasteiger charge is 2.24. The number of fused-ring (bicyclic) bond motifs is 2. The van der Waals surface area contributed by atoms with Crippen LogP contribution in [-0.4, -0.2) is 56.8 Å². The second kappa shape index (κ2) is 10.3. The Balaban J connectivity index is 1.36. The van der Waals surface area contributed by atoms with Gasteiger partial charge in [0.25, 0.3) is 5.91 Å². The minimum atomic E-state index is -0.477. The third kappa shape index (κ3) is 4.47. The number of hydrogen-bond donors (Lipinski definition) is 4. The molecule has 1 aliphatic heterocycles. The van der Waals surface area contributed by atoms with Gasteiger partial charge in [-0.2, -0.15) is 5.10 Å². The average molecular weight is 541 g/mol. The lowest BCUT2D eigenvalue weighted by Gasteiger charge is -2.23. The number of piperidine rings is 1. The molecule has 12 heteroatoms. The van der Waals surface area contributed by atoms with E-state index in [1.54, 1.807) is 36.5 Å². The molecule has 6 rings (SSSR count). The summed E-state index contributed by atoms with van der Waals surface area (Å²) < 4.78 is 12.9. The Labute approximate surface area is 228 Å². The van der Waals surface area contributed by atoms with E-state index in [0.717, 1.165) is 31.5 Å². The van der Waals surface area contributed by atoms with Gasteiger partial charge < -0.3 is 30.8 Å². The number of ether oxygens (including phenoxy) is 2. The molecule has 1 saturated heterocycles. The van der Waals surface area contributed by atoms with Gasteiger partial charge in [0.15, 0.2) is 11.4 Å². The molecular weight excluding hydrogens is 512 g/mol. The highest BCUT2D eigenvalue weighted by molar-refractivity contribution is 6.15. The first kappa shape index (κ1) is 25.3. The van der Waals surface area contributed by atoms with Gasteiger partial charge in [0.2, 0.25) is 0 Å². The number of anilines is 2. The number of carbonyl (C=O) groups excluding carboxylic acids is 2. The number of amides is 1. The Hall–Kier alpha value is -4.97. The fraction of sp³-hybridized carbons (Fsp3) is 0.250. The van der Waals surface area contributed by atoms with Crippen LogP contribution in [0.25, 0.3) is 33.2 Å². The zero-order valence-corrected chi connectivity index (χ0v) is 22.0. The number of nitrogens with two attached hydrogens (primary N) is 1. The first-order valence-corrected chi connectivity index (χ1v) is 12.9. The van der Waals surface area contributed by atoms with E-state index in [1.165, 1.54) is 20.4 Å². The van der Waals surface area contributed by atoms with Crippen LogP contribution >= 0.6 is 0 Å². The van der Waals surface area contributed by atoms with Gasteiger partial charge in [-0.1, -0.05) is 12.1 Å². The fourth-order valence-corrected chi connectivity index (χ4v) is 5.21. The van der Waals surface area contributed by atoms with Crippen LogP contribution in [0.4, 0.5) is 11.5 Å². The summed E-state index contributed by atoms with van der Waals surface area (Å²) in [5, 5.41) is 12.4. The third-order valence-electron chi connectivity index (χ3n) is 7.06. The van der Waals surface area contributed by atoms with Gasteiger partial charge in [-0.25, -0.2) is 14.6 Å². The summed E-state index contributed by atoms with van der Waals surface area (Å²) >= 11 is 0. The molecule has 0 bridgehead atoms. The number of aromatic nitrogens is 5. The van der Waals surface area contributed by atoms with Gasteiger partial charge >= 0.3 is 5.97 Å². The van der Waals surface area contributed by atoms with Crippen LogP contribution in [0.3, 0.4) is 0 Å². The summed E-state index contributed by atoms with van der Waals surface area (Å²) in [6.45, 7) is 3.12. The largest absolute Gasteiger partial charge is 0.495 e. The number of nitrogens with one attached hydrogen (secondary N) is 3. The number of H-pyrrole nitrogens is 1. The van der Waals surface area contributed by atoms with Crippen LogP contribution in [0.5, 0.6) is 11.5 Å². The summed E-state index contributed by atoms with van der Waals surface area (Å²) in [6, 6.07) is 10.8. The van der Waals surface area contributed by atoms with Crippen molar-refractivity contribution in [3.05, 3.63) is 54.5 Å². The van der Waals surface area contributed by atoms with E-state index in [0.29, 0.717) is 50.4 Å². The average Bonchev–Trinajstić information content (AvgIpc) is 3.56. The first-order valence-electron chi connectivity index (χ1n) is 12.9. The smallest absolute Gasteiger partial charge is 0.308 e. The van der Waals surface area contributed by atoms with Crippen molar-refractivity contribution in [3.63, 3.8) is 0 Å². The first-order chi connectivity index (χ1) is 19.4. The Morgan fingerprint density at radius 3 is 2.70 bits per heavy atom. The lowest BCUT2D eigenvalue weighted by molar-refractivity contribution is -0.131. The lowest BCUT2D eigenvalue weighted by atomic mass is 10.1. The summed E-state index contributed by atoms with van der Waals surface area (Å²) in [5.74, 6) is 0.205. The number of rotatable bonds is 6. The van der Waals surface area contributed by atoms with E-state index >= 15 is 0 Å². The molecule has 204 valence electrons. The fourth-order valence-electron chi connectivity index (χ4n) is 5.21. The van der Waals surface area contributed by atoms with Crippen LogP contribution in [0.1, 0.15) is 36.2 Å². The van der Waals surface area contributed by atoms with Crippen molar-refractivity contribution < 1.29 is 19.1 Å². The summed E-state index contributed by atoms with van der Waals surface area (Å²) in [5.41, 5.74) is 9.87. The number of hydrogen-bond acceptors (Lipinski definition) is 9. The van der Waals surface area contributed by atoms with Crippen LogP contribution in [0.2, 0.25) is 0 Å². The molecule has 4 heterocycles. The molecule has 12 nitrogen and oxygen atoms in total. The summed E-state index contributed by atoms with van der Waals surface area (Å²) in [7, 11) is 1.53. The van der Waals surface area contributed by atoms with E-state index in [-0.39, 0.29) is 17.7 Å². The van der Waals surface area contributed by atoms with Crippen LogP contribution < -0.4 is 25.8 Å². The highest BCUT2D eigenvalue weighted by Crippen LogP contribution is 2.37. The van der Waals surface area contributed by atoms with E-state index < -0.39 is 5.97 Å². The van der Waals surface area contributed by atoms with Crippen molar-refractivity contribution in [3.8, 4) is 22.8 Å². The molecule has 0 spiro atoms. The minimum absolute atomic E-state index is 0.195. The third-order valence-corrected chi connectivity index (χ3v) is 7.06. The van der Waals surface area contributed by atoms with Crippen molar-refractivity contribution in [1.82, 2.24) is 30.0 Å². The van der Waals surface area contributed by atoms with E-state index in [9.17, 15) is 9.59 Å². The van der Waals surface area contributed by atoms with Gasteiger partial charge in [0, 0.05) is 18.7 Å². The molecule has 0 radical (unpaired) electrons. The molecule has 1 fully saturated rings. The van der Waals surface area contributed by atoms with Crippen LogP contribution in [0, 0.1) is 0 Å². The molecular formula is C28H28N8O4. The van der Waals surface area contributed by atoms with Gasteiger partial charge in [-0.3, -0.25) is 9.59 Å². The molecule has 3 aromatic heterocycles. The van der Waals surface area contributed by atoms with E-state index in [4.69, 9.17) is 20.3 Å². The van der Waals surface area contributed by atoms with E-state index in [2.05, 4.69) is 25.6 Å². The Morgan fingerprint density at radius 2 is 1.93 bits per heavy atom. The molecule has 1 amide bonds.